The molecule has 1 aliphatic heterocycles. The Morgan fingerprint density at radius 1 is 1.26 bits per heavy atom. The number of piperidine rings is 1. The van der Waals surface area contributed by atoms with E-state index in [0.29, 0.717) is 29.2 Å². The molecule has 1 amide bonds. The maximum Gasteiger partial charge on any atom is 0.250 e. The number of carbonyl (C=O) groups is 1. The van der Waals surface area contributed by atoms with Crippen molar-refractivity contribution in [2.24, 2.45) is 5.73 Å². The highest BCUT2D eigenvalue weighted by Crippen LogP contribution is 2.29. The molecule has 0 unspecified atom stereocenters. The number of hydrogen-bond donors (Lipinski definition) is 1. The third-order valence-electron chi connectivity index (χ3n) is 5.27. The van der Waals surface area contributed by atoms with Gasteiger partial charge in [0, 0.05) is 31.4 Å². The summed E-state index contributed by atoms with van der Waals surface area (Å²) in [5, 5.41) is 0.619. The molecule has 1 fully saturated rings. The predicted molar refractivity (Wildman–Crippen MR) is 110 cm³/mol. The van der Waals surface area contributed by atoms with Crippen LogP contribution >= 0.6 is 11.6 Å². The smallest absolute Gasteiger partial charge is 0.250 e. The highest BCUT2D eigenvalue weighted by atomic mass is 35.5. The van der Waals surface area contributed by atoms with Crippen molar-refractivity contribution in [1.82, 2.24) is 9.88 Å². The molecule has 1 aromatic heterocycles. The number of para-hydroxylation sites is 1. The van der Waals surface area contributed by atoms with E-state index in [0.717, 1.165) is 37.3 Å². The minimum atomic E-state index is -0.403. The van der Waals surface area contributed by atoms with Crippen LogP contribution in [0.5, 0.6) is 0 Å². The Labute approximate surface area is 166 Å². The number of benzene rings is 1. The van der Waals surface area contributed by atoms with Crippen LogP contribution in [0.1, 0.15) is 42.7 Å². The van der Waals surface area contributed by atoms with Gasteiger partial charge in [-0.25, -0.2) is 0 Å². The molecule has 0 bridgehead atoms. The number of nitrogens with zero attached hydrogens (tertiary/aromatic N) is 3. The lowest BCUT2D eigenvalue weighted by molar-refractivity contribution is 0.100. The number of amides is 1. The molecule has 2 heterocycles. The van der Waals surface area contributed by atoms with E-state index in [-0.39, 0.29) is 0 Å². The van der Waals surface area contributed by atoms with Crippen LogP contribution in [0.2, 0.25) is 5.02 Å². The van der Waals surface area contributed by atoms with Crippen molar-refractivity contribution in [3.8, 4) is 0 Å². The molecule has 0 atom stereocenters. The molecule has 2 N–H and O–H groups in total. The quantitative estimate of drug-likeness (QED) is 0.821. The van der Waals surface area contributed by atoms with Crippen molar-refractivity contribution in [2.45, 2.75) is 45.3 Å². The summed E-state index contributed by atoms with van der Waals surface area (Å²) in [6.07, 6.45) is 3.74. The molecule has 5 nitrogen and oxygen atoms in total. The van der Waals surface area contributed by atoms with Crippen LogP contribution in [-0.4, -0.2) is 41.0 Å². The van der Waals surface area contributed by atoms with Crippen molar-refractivity contribution in [2.75, 3.05) is 18.0 Å². The Morgan fingerprint density at radius 3 is 2.56 bits per heavy atom. The second-order valence-corrected chi connectivity index (χ2v) is 7.77. The topological polar surface area (TPSA) is 62.5 Å². The van der Waals surface area contributed by atoms with Crippen molar-refractivity contribution in [3.63, 3.8) is 0 Å². The molecule has 144 valence electrons. The molecule has 2 aromatic rings. The minimum absolute atomic E-state index is 0.331. The van der Waals surface area contributed by atoms with Gasteiger partial charge in [0.2, 0.25) is 0 Å². The average molecular weight is 387 g/mol. The Bertz CT molecular complexity index is 770. The highest BCUT2D eigenvalue weighted by Gasteiger charge is 2.28. The van der Waals surface area contributed by atoms with Gasteiger partial charge in [0.15, 0.2) is 0 Å². The van der Waals surface area contributed by atoms with Crippen molar-refractivity contribution >= 4 is 23.2 Å². The van der Waals surface area contributed by atoms with Gasteiger partial charge in [0.05, 0.1) is 28.5 Å². The van der Waals surface area contributed by atoms with Gasteiger partial charge in [0.25, 0.3) is 5.91 Å². The number of nitrogens with two attached hydrogens (primary N) is 1. The zero-order valence-corrected chi connectivity index (χ0v) is 16.7. The normalized spacial score (nSPS) is 15.9. The van der Waals surface area contributed by atoms with E-state index in [1.807, 2.05) is 30.3 Å². The lowest BCUT2D eigenvalue weighted by Gasteiger charge is -2.41. The molecule has 0 saturated carbocycles. The van der Waals surface area contributed by atoms with Crippen LogP contribution in [0, 0.1) is 0 Å². The first-order chi connectivity index (χ1) is 13.0. The van der Waals surface area contributed by atoms with Gasteiger partial charge < -0.3 is 15.5 Å². The molecule has 6 heteroatoms. The summed E-state index contributed by atoms with van der Waals surface area (Å²) in [4.78, 5) is 21.2. The highest BCUT2D eigenvalue weighted by molar-refractivity contribution is 6.30. The van der Waals surface area contributed by atoms with Crippen LogP contribution in [0.3, 0.4) is 0 Å². The molecular weight excluding hydrogens is 360 g/mol. The molecule has 27 heavy (non-hydrogen) atoms. The Hall–Kier alpha value is -2.11. The van der Waals surface area contributed by atoms with Gasteiger partial charge in [-0.05, 0) is 51.0 Å². The monoisotopic (exact) mass is 386 g/mol. The van der Waals surface area contributed by atoms with Crippen LogP contribution in [0.15, 0.2) is 42.6 Å². The van der Waals surface area contributed by atoms with Gasteiger partial charge >= 0.3 is 0 Å². The maximum absolute atomic E-state index is 12.0. The summed E-state index contributed by atoms with van der Waals surface area (Å²) in [6.45, 7) is 7.18. The number of primary amides is 1. The standard InChI is InChI=1S/C21H27ClN4O/c1-15(2)25-11-9-18(10-12-25)26(14-17-8-7-16(22)13-24-17)20-6-4-3-5-19(20)21(23)27/h3-8,13,15,18H,9-12,14H2,1-2H3,(H2,23,27). The first kappa shape index (κ1) is 19.6. The van der Waals surface area contributed by atoms with E-state index >= 15 is 0 Å². The van der Waals surface area contributed by atoms with E-state index in [4.69, 9.17) is 17.3 Å². The second kappa shape index (κ2) is 8.72. The largest absolute Gasteiger partial charge is 0.366 e. The summed E-state index contributed by atoms with van der Waals surface area (Å²) in [7, 11) is 0. The lowest BCUT2D eigenvalue weighted by Crippen LogP contribution is -2.47. The van der Waals surface area contributed by atoms with E-state index in [2.05, 4.69) is 28.6 Å². The minimum Gasteiger partial charge on any atom is -0.366 e. The molecule has 0 spiro atoms. The SMILES string of the molecule is CC(C)N1CCC(N(Cc2ccc(Cl)cn2)c2ccccc2C(N)=O)CC1. The molecule has 1 saturated heterocycles. The first-order valence-electron chi connectivity index (χ1n) is 9.45. The molecule has 0 aliphatic carbocycles. The van der Waals surface area contributed by atoms with Crippen molar-refractivity contribution in [3.05, 3.63) is 58.9 Å². The zero-order chi connectivity index (χ0) is 19.4. The zero-order valence-electron chi connectivity index (χ0n) is 15.9. The summed E-state index contributed by atoms with van der Waals surface area (Å²) in [6, 6.07) is 12.2. The van der Waals surface area contributed by atoms with E-state index < -0.39 is 5.91 Å². The summed E-state index contributed by atoms with van der Waals surface area (Å²) in [5.74, 6) is -0.403. The number of hydrogen-bond acceptors (Lipinski definition) is 4. The number of pyridine rings is 1. The summed E-state index contributed by atoms with van der Waals surface area (Å²) < 4.78 is 0. The summed E-state index contributed by atoms with van der Waals surface area (Å²) >= 11 is 5.98. The number of aromatic nitrogens is 1. The van der Waals surface area contributed by atoms with Crippen LogP contribution < -0.4 is 10.6 Å². The van der Waals surface area contributed by atoms with Gasteiger partial charge in [-0.1, -0.05) is 23.7 Å². The number of carbonyl (C=O) groups excluding carboxylic acids is 1. The maximum atomic E-state index is 12.0. The lowest BCUT2D eigenvalue weighted by atomic mass is 9.99. The Kier molecular flexibility index (Phi) is 6.34. The van der Waals surface area contributed by atoms with E-state index in [9.17, 15) is 4.79 Å². The Morgan fingerprint density at radius 2 is 1.96 bits per heavy atom. The first-order valence-corrected chi connectivity index (χ1v) is 9.83. The number of anilines is 1. The van der Waals surface area contributed by atoms with E-state index in [1.54, 1.807) is 12.3 Å². The number of halogens is 1. The van der Waals surface area contributed by atoms with Crippen molar-refractivity contribution in [1.29, 1.82) is 0 Å². The van der Waals surface area contributed by atoms with Gasteiger partial charge in [-0.3, -0.25) is 9.78 Å². The molecular formula is C21H27ClN4O. The number of likely N-dealkylation sites (tertiary alicyclic amines) is 1. The molecule has 0 radical (unpaired) electrons. The number of rotatable bonds is 6. The fourth-order valence-electron chi connectivity index (χ4n) is 3.73. The van der Waals surface area contributed by atoms with Gasteiger partial charge in [-0.15, -0.1) is 0 Å². The third kappa shape index (κ3) is 4.79. The van der Waals surface area contributed by atoms with Crippen LogP contribution in [0.4, 0.5) is 5.69 Å². The predicted octanol–water partition coefficient (Wildman–Crippen LogP) is 3.71. The van der Waals surface area contributed by atoms with Crippen molar-refractivity contribution < 1.29 is 4.79 Å². The molecule has 1 aliphatic rings. The fraction of sp³-hybridized carbons (Fsp3) is 0.429. The fourth-order valence-corrected chi connectivity index (χ4v) is 3.84. The van der Waals surface area contributed by atoms with Crippen LogP contribution in [-0.2, 0) is 6.54 Å². The Balaban J connectivity index is 1.90. The molecule has 3 rings (SSSR count). The van der Waals surface area contributed by atoms with Crippen LogP contribution in [0.25, 0.3) is 0 Å². The van der Waals surface area contributed by atoms with Gasteiger partial charge in [-0.2, -0.15) is 0 Å². The van der Waals surface area contributed by atoms with E-state index in [1.165, 1.54) is 0 Å². The average Bonchev–Trinajstić information content (AvgIpc) is 2.67. The second-order valence-electron chi connectivity index (χ2n) is 7.34. The third-order valence-corrected chi connectivity index (χ3v) is 5.49. The molecule has 1 aromatic carbocycles. The van der Waals surface area contributed by atoms with Gasteiger partial charge in [0.1, 0.15) is 0 Å². The summed E-state index contributed by atoms with van der Waals surface area (Å²) in [5.41, 5.74) is 8.00.